The zero-order valence-electron chi connectivity index (χ0n) is 7.98. The van der Waals surface area contributed by atoms with Crippen LogP contribution in [0.4, 0.5) is 5.00 Å². The van der Waals surface area contributed by atoms with Gasteiger partial charge in [-0.05, 0) is 5.53 Å². The van der Waals surface area contributed by atoms with Gasteiger partial charge in [-0.1, -0.05) is 16.5 Å². The first-order valence-electron chi connectivity index (χ1n) is 4.18. The van der Waals surface area contributed by atoms with Crippen LogP contribution < -0.4 is 0 Å². The molecule has 2 rings (SSSR count). The Balaban J connectivity index is 2.59. The molecule has 0 aliphatic heterocycles. The van der Waals surface area contributed by atoms with Gasteiger partial charge in [-0.25, -0.2) is 0 Å². The standard InChI is InChI=1S/C8H2N4O4S/c9-11-10-4-2-5(13)8-3(7(4)14)1-6(17-8)12(15)16/h1-2H. The van der Waals surface area contributed by atoms with E-state index in [1.54, 1.807) is 0 Å². The predicted octanol–water partition coefficient (Wildman–Crippen LogP) is 2.23. The van der Waals surface area contributed by atoms with Crippen molar-refractivity contribution in [3.8, 4) is 0 Å². The van der Waals surface area contributed by atoms with Crippen LogP contribution >= 0.6 is 11.3 Å². The molecule has 0 fully saturated rings. The fraction of sp³-hybridized carbons (Fsp3) is 0. The number of carbonyl (C=O) groups is 2. The van der Waals surface area contributed by atoms with E-state index in [1.165, 1.54) is 0 Å². The highest BCUT2D eigenvalue weighted by atomic mass is 32.1. The molecule has 0 radical (unpaired) electrons. The second-order valence-electron chi connectivity index (χ2n) is 3.00. The van der Waals surface area contributed by atoms with Gasteiger partial charge in [0, 0.05) is 17.1 Å². The first-order valence-corrected chi connectivity index (χ1v) is 5.00. The van der Waals surface area contributed by atoms with E-state index in [0.29, 0.717) is 11.3 Å². The Morgan fingerprint density at radius 2 is 2.18 bits per heavy atom. The number of thiophene rings is 1. The van der Waals surface area contributed by atoms with Crippen molar-refractivity contribution in [1.29, 1.82) is 0 Å². The number of rotatable bonds is 2. The number of hydrogen-bond acceptors (Lipinski definition) is 6. The van der Waals surface area contributed by atoms with Gasteiger partial charge in [-0.3, -0.25) is 19.7 Å². The normalized spacial score (nSPS) is 13.8. The van der Waals surface area contributed by atoms with Gasteiger partial charge in [0.05, 0.1) is 21.1 Å². The molecule has 0 aromatic carbocycles. The summed E-state index contributed by atoms with van der Waals surface area (Å²) in [6, 6.07) is 1.01. The largest absolute Gasteiger partial charge is 0.325 e. The molecule has 0 amide bonds. The maximum Gasteiger partial charge on any atom is 0.325 e. The monoisotopic (exact) mass is 250 g/mol. The number of carbonyl (C=O) groups excluding carboxylic acids is 2. The van der Waals surface area contributed by atoms with Crippen molar-refractivity contribution in [2.45, 2.75) is 0 Å². The third-order valence-electron chi connectivity index (χ3n) is 2.02. The number of allylic oxidation sites excluding steroid dienone is 2. The number of ketones is 2. The molecule has 17 heavy (non-hydrogen) atoms. The molecule has 0 saturated carbocycles. The predicted molar refractivity (Wildman–Crippen MR) is 56.9 cm³/mol. The van der Waals surface area contributed by atoms with Crippen LogP contribution in [0.2, 0.25) is 0 Å². The Morgan fingerprint density at radius 3 is 2.76 bits per heavy atom. The van der Waals surface area contributed by atoms with Crippen molar-refractivity contribution in [2.75, 3.05) is 0 Å². The molecule has 1 aromatic rings. The minimum Gasteiger partial charge on any atom is -0.289 e. The molecule has 0 N–H and O–H groups in total. The van der Waals surface area contributed by atoms with Gasteiger partial charge in [-0.15, -0.1) is 0 Å². The van der Waals surface area contributed by atoms with Crippen LogP contribution in [-0.4, -0.2) is 16.5 Å². The van der Waals surface area contributed by atoms with Gasteiger partial charge >= 0.3 is 5.00 Å². The van der Waals surface area contributed by atoms with Crippen molar-refractivity contribution in [2.24, 2.45) is 5.11 Å². The van der Waals surface area contributed by atoms with Crippen molar-refractivity contribution in [3.05, 3.63) is 48.8 Å². The molecule has 84 valence electrons. The van der Waals surface area contributed by atoms with E-state index in [1.807, 2.05) is 0 Å². The highest BCUT2D eigenvalue weighted by molar-refractivity contribution is 7.17. The Kier molecular flexibility index (Phi) is 2.47. The molecular formula is C8H2N4O4S. The molecule has 9 heteroatoms. The molecule has 1 heterocycles. The number of hydrogen-bond donors (Lipinski definition) is 0. The van der Waals surface area contributed by atoms with Crippen molar-refractivity contribution in [3.63, 3.8) is 0 Å². The molecular weight excluding hydrogens is 248 g/mol. The summed E-state index contributed by atoms with van der Waals surface area (Å²) in [7, 11) is 0. The maximum atomic E-state index is 11.7. The van der Waals surface area contributed by atoms with Crippen molar-refractivity contribution in [1.82, 2.24) is 0 Å². The zero-order valence-corrected chi connectivity index (χ0v) is 8.80. The Labute approximate surface area is 96.9 Å². The van der Waals surface area contributed by atoms with Gasteiger partial charge in [0.1, 0.15) is 0 Å². The topological polar surface area (TPSA) is 126 Å². The lowest BCUT2D eigenvalue weighted by Gasteiger charge is -2.05. The third kappa shape index (κ3) is 1.69. The van der Waals surface area contributed by atoms with Crippen LogP contribution in [0.1, 0.15) is 20.0 Å². The van der Waals surface area contributed by atoms with Gasteiger partial charge < -0.3 is 0 Å². The average Bonchev–Trinajstić information content (AvgIpc) is 2.71. The quantitative estimate of drug-likeness (QED) is 0.262. The van der Waals surface area contributed by atoms with Crippen LogP contribution in [0.3, 0.4) is 0 Å². The number of nitro groups is 1. The molecule has 1 aliphatic carbocycles. The highest BCUT2D eigenvalue weighted by Gasteiger charge is 2.30. The molecule has 1 aromatic heterocycles. The molecule has 0 unspecified atom stereocenters. The first-order chi connectivity index (χ1) is 8.04. The molecule has 8 nitrogen and oxygen atoms in total. The summed E-state index contributed by atoms with van der Waals surface area (Å²) >= 11 is 0.627. The average molecular weight is 250 g/mol. The van der Waals surface area contributed by atoms with Crippen LogP contribution in [0.15, 0.2) is 23.0 Å². The summed E-state index contributed by atoms with van der Waals surface area (Å²) in [5.41, 5.74) is 7.78. The van der Waals surface area contributed by atoms with Crippen LogP contribution in [0.25, 0.3) is 10.4 Å². The maximum absolute atomic E-state index is 11.7. The lowest BCUT2D eigenvalue weighted by Crippen LogP contribution is -2.12. The smallest absolute Gasteiger partial charge is 0.289 e. The van der Waals surface area contributed by atoms with E-state index < -0.39 is 16.5 Å². The molecule has 0 spiro atoms. The summed E-state index contributed by atoms with van der Waals surface area (Å²) in [6.45, 7) is 0. The van der Waals surface area contributed by atoms with Gasteiger partial charge in [-0.2, -0.15) is 0 Å². The Morgan fingerprint density at radius 1 is 1.47 bits per heavy atom. The second kappa shape index (κ2) is 3.81. The Bertz CT molecular complexity index is 638. The molecule has 0 bridgehead atoms. The summed E-state index contributed by atoms with van der Waals surface area (Å²) in [4.78, 5) is 35.5. The summed E-state index contributed by atoms with van der Waals surface area (Å²) in [5, 5.41) is 13.3. The van der Waals surface area contributed by atoms with Gasteiger partial charge in [0.15, 0.2) is 11.6 Å². The van der Waals surface area contributed by atoms with E-state index in [4.69, 9.17) is 5.53 Å². The molecule has 0 atom stereocenters. The Hall–Kier alpha value is -2.51. The van der Waals surface area contributed by atoms with Crippen LogP contribution in [0.5, 0.6) is 0 Å². The van der Waals surface area contributed by atoms with E-state index in [2.05, 4.69) is 10.0 Å². The SMILES string of the molecule is [N-]=[N+]=NC1=CC(=O)c2sc([N+](=O)[O-])cc2C1=O. The van der Waals surface area contributed by atoms with Crippen LogP contribution in [0, 0.1) is 10.1 Å². The van der Waals surface area contributed by atoms with Gasteiger partial charge in [0.25, 0.3) is 0 Å². The summed E-state index contributed by atoms with van der Waals surface area (Å²) in [5.74, 6) is -1.25. The minimum atomic E-state index is -0.684. The number of Topliss-reactive ketones (excluding diaryl/α,β-unsaturated/α-hetero) is 1. The van der Waals surface area contributed by atoms with E-state index in [0.717, 1.165) is 12.1 Å². The molecule has 0 saturated heterocycles. The second-order valence-corrected chi connectivity index (χ2v) is 4.03. The fourth-order valence-electron chi connectivity index (χ4n) is 1.34. The number of azide groups is 1. The van der Waals surface area contributed by atoms with Crippen LogP contribution in [-0.2, 0) is 0 Å². The number of nitrogens with zero attached hydrogens (tertiary/aromatic N) is 4. The third-order valence-corrected chi connectivity index (χ3v) is 3.12. The van der Waals surface area contributed by atoms with Gasteiger partial charge in [0.2, 0.25) is 0 Å². The highest BCUT2D eigenvalue weighted by Crippen LogP contribution is 2.34. The number of fused-ring (bicyclic) bond motifs is 1. The zero-order chi connectivity index (χ0) is 12.6. The lowest BCUT2D eigenvalue weighted by molar-refractivity contribution is -0.380. The fourth-order valence-corrected chi connectivity index (χ4v) is 2.22. The summed E-state index contributed by atoms with van der Waals surface area (Å²) < 4.78 is 0. The molecule has 1 aliphatic rings. The lowest BCUT2D eigenvalue weighted by atomic mass is 10.0. The summed E-state index contributed by atoms with van der Waals surface area (Å²) in [6.07, 6.45) is 0.880. The van der Waals surface area contributed by atoms with Crippen molar-refractivity contribution < 1.29 is 14.5 Å². The minimum absolute atomic E-state index is 0.00131. The van der Waals surface area contributed by atoms with E-state index in [-0.39, 0.29) is 21.1 Å². The first kappa shape index (κ1) is 11.0. The van der Waals surface area contributed by atoms with E-state index in [9.17, 15) is 19.7 Å². The van der Waals surface area contributed by atoms with Crippen molar-refractivity contribution >= 4 is 27.9 Å². The van der Waals surface area contributed by atoms with E-state index >= 15 is 0 Å².